The minimum atomic E-state index is 0.762. The number of hydrogen-bond acceptors (Lipinski definition) is 2. The summed E-state index contributed by atoms with van der Waals surface area (Å²) in [6, 6.07) is 9.69. The largest absolute Gasteiger partial charge is 0.399 e. The molecule has 0 bridgehead atoms. The first kappa shape index (κ1) is 7.86. The Balaban J connectivity index is 2.46. The Morgan fingerprint density at radius 3 is 2.77 bits per heavy atom. The summed E-state index contributed by atoms with van der Waals surface area (Å²) >= 11 is 0. The molecule has 0 aliphatic heterocycles. The van der Waals surface area contributed by atoms with Crippen molar-refractivity contribution in [2.24, 2.45) is 0 Å². The van der Waals surface area contributed by atoms with E-state index in [1.165, 1.54) is 0 Å². The van der Waals surface area contributed by atoms with E-state index < -0.39 is 0 Å². The predicted octanol–water partition coefficient (Wildman–Crippen LogP) is 1.97. The molecule has 3 N–H and O–H groups in total. The third kappa shape index (κ3) is 1.54. The molecular formula is C10H11N3. The summed E-state index contributed by atoms with van der Waals surface area (Å²) in [5, 5.41) is 7.04. The van der Waals surface area contributed by atoms with Crippen LogP contribution in [-0.2, 0) is 0 Å². The second kappa shape index (κ2) is 2.94. The average molecular weight is 173 g/mol. The maximum absolute atomic E-state index is 5.66. The number of H-pyrrole nitrogens is 1. The van der Waals surface area contributed by atoms with Gasteiger partial charge in [-0.25, -0.2) is 0 Å². The summed E-state index contributed by atoms with van der Waals surface area (Å²) in [5.74, 6) is 0. The van der Waals surface area contributed by atoms with Gasteiger partial charge in [-0.3, -0.25) is 5.10 Å². The summed E-state index contributed by atoms with van der Waals surface area (Å²) in [7, 11) is 0. The van der Waals surface area contributed by atoms with Gasteiger partial charge in [-0.1, -0.05) is 12.1 Å². The number of aromatic nitrogens is 2. The van der Waals surface area contributed by atoms with Gasteiger partial charge in [0.25, 0.3) is 0 Å². The maximum atomic E-state index is 5.66. The lowest BCUT2D eigenvalue weighted by molar-refractivity contribution is 1.05. The van der Waals surface area contributed by atoms with Crippen LogP contribution in [0.15, 0.2) is 30.3 Å². The highest BCUT2D eigenvalue weighted by molar-refractivity contribution is 5.63. The number of hydrogen-bond donors (Lipinski definition) is 2. The Morgan fingerprint density at radius 1 is 1.31 bits per heavy atom. The molecule has 0 fully saturated rings. The van der Waals surface area contributed by atoms with Crippen molar-refractivity contribution in [2.75, 3.05) is 5.73 Å². The van der Waals surface area contributed by atoms with E-state index in [1.54, 1.807) is 0 Å². The van der Waals surface area contributed by atoms with Crippen LogP contribution in [0.1, 0.15) is 5.69 Å². The van der Waals surface area contributed by atoms with E-state index in [1.807, 2.05) is 37.3 Å². The quantitative estimate of drug-likeness (QED) is 0.648. The van der Waals surface area contributed by atoms with Gasteiger partial charge in [0.15, 0.2) is 0 Å². The van der Waals surface area contributed by atoms with Crippen molar-refractivity contribution in [1.29, 1.82) is 0 Å². The normalized spacial score (nSPS) is 10.2. The average Bonchev–Trinajstić information content (AvgIpc) is 2.52. The first-order chi connectivity index (χ1) is 6.25. The van der Waals surface area contributed by atoms with Crippen LogP contribution in [0.5, 0.6) is 0 Å². The number of nitrogen functional groups attached to an aromatic ring is 1. The Labute approximate surface area is 76.6 Å². The van der Waals surface area contributed by atoms with Crippen LogP contribution >= 0.6 is 0 Å². The molecule has 0 aliphatic rings. The fraction of sp³-hybridized carbons (Fsp3) is 0.100. The lowest BCUT2D eigenvalue weighted by Gasteiger charge is -1.96. The van der Waals surface area contributed by atoms with Crippen molar-refractivity contribution in [2.45, 2.75) is 6.92 Å². The number of aryl methyl sites for hydroxylation is 1. The molecule has 1 aromatic heterocycles. The van der Waals surface area contributed by atoms with E-state index in [9.17, 15) is 0 Å². The van der Waals surface area contributed by atoms with E-state index in [2.05, 4.69) is 10.2 Å². The van der Waals surface area contributed by atoms with Gasteiger partial charge in [-0.15, -0.1) is 0 Å². The second-order valence-corrected chi connectivity index (χ2v) is 3.06. The van der Waals surface area contributed by atoms with Gasteiger partial charge in [-0.05, 0) is 25.1 Å². The maximum Gasteiger partial charge on any atom is 0.0924 e. The highest BCUT2D eigenvalue weighted by Crippen LogP contribution is 2.19. The molecule has 3 heteroatoms. The molecule has 0 saturated heterocycles. The Kier molecular flexibility index (Phi) is 1.77. The number of rotatable bonds is 1. The van der Waals surface area contributed by atoms with Crippen molar-refractivity contribution in [1.82, 2.24) is 10.2 Å². The first-order valence-corrected chi connectivity index (χ1v) is 4.13. The minimum Gasteiger partial charge on any atom is -0.399 e. The number of anilines is 1. The van der Waals surface area contributed by atoms with E-state index in [0.717, 1.165) is 22.6 Å². The van der Waals surface area contributed by atoms with Crippen LogP contribution in [0.25, 0.3) is 11.3 Å². The molecule has 0 saturated carbocycles. The minimum absolute atomic E-state index is 0.762. The number of aromatic amines is 1. The molecule has 0 amide bonds. The summed E-state index contributed by atoms with van der Waals surface area (Å²) in [4.78, 5) is 0. The van der Waals surface area contributed by atoms with Gasteiger partial charge in [0, 0.05) is 16.9 Å². The zero-order valence-corrected chi connectivity index (χ0v) is 7.41. The van der Waals surface area contributed by atoms with Crippen LogP contribution in [0.4, 0.5) is 5.69 Å². The molecule has 13 heavy (non-hydrogen) atoms. The van der Waals surface area contributed by atoms with Crippen molar-refractivity contribution in [3.05, 3.63) is 36.0 Å². The Morgan fingerprint density at radius 2 is 2.15 bits per heavy atom. The van der Waals surface area contributed by atoms with E-state index in [4.69, 9.17) is 5.73 Å². The Hall–Kier alpha value is -1.77. The topological polar surface area (TPSA) is 54.7 Å². The van der Waals surface area contributed by atoms with Gasteiger partial charge in [-0.2, -0.15) is 5.10 Å². The van der Waals surface area contributed by atoms with Crippen molar-refractivity contribution in [3.63, 3.8) is 0 Å². The highest BCUT2D eigenvalue weighted by Gasteiger charge is 2.00. The predicted molar refractivity (Wildman–Crippen MR) is 53.2 cm³/mol. The van der Waals surface area contributed by atoms with Crippen LogP contribution in [-0.4, -0.2) is 10.2 Å². The molecule has 1 aromatic carbocycles. The lowest BCUT2D eigenvalue weighted by Crippen LogP contribution is -1.84. The molecule has 0 unspecified atom stereocenters. The zero-order chi connectivity index (χ0) is 9.26. The van der Waals surface area contributed by atoms with Crippen LogP contribution in [0.3, 0.4) is 0 Å². The van der Waals surface area contributed by atoms with Gasteiger partial charge < -0.3 is 5.73 Å². The van der Waals surface area contributed by atoms with Crippen LogP contribution < -0.4 is 5.73 Å². The zero-order valence-electron chi connectivity index (χ0n) is 7.41. The molecule has 1 heterocycles. The van der Waals surface area contributed by atoms with E-state index in [-0.39, 0.29) is 0 Å². The van der Waals surface area contributed by atoms with Crippen LogP contribution in [0.2, 0.25) is 0 Å². The number of benzene rings is 1. The summed E-state index contributed by atoms with van der Waals surface area (Å²) in [5.41, 5.74) is 9.46. The fourth-order valence-electron chi connectivity index (χ4n) is 1.26. The molecule has 3 nitrogen and oxygen atoms in total. The molecule has 2 rings (SSSR count). The summed E-state index contributed by atoms with van der Waals surface area (Å²) < 4.78 is 0. The lowest BCUT2D eigenvalue weighted by atomic mass is 10.1. The SMILES string of the molecule is Cc1cc(-c2cccc(N)c2)n[nH]1. The fourth-order valence-corrected chi connectivity index (χ4v) is 1.26. The molecule has 2 aromatic rings. The number of nitrogens with zero attached hydrogens (tertiary/aromatic N) is 1. The van der Waals surface area contributed by atoms with E-state index >= 15 is 0 Å². The summed E-state index contributed by atoms with van der Waals surface area (Å²) in [6.07, 6.45) is 0. The Bertz CT molecular complexity index is 418. The molecule has 0 spiro atoms. The monoisotopic (exact) mass is 173 g/mol. The smallest absolute Gasteiger partial charge is 0.0924 e. The van der Waals surface area contributed by atoms with Gasteiger partial charge in [0.05, 0.1) is 5.69 Å². The van der Waals surface area contributed by atoms with Gasteiger partial charge >= 0.3 is 0 Å². The first-order valence-electron chi connectivity index (χ1n) is 4.13. The highest BCUT2D eigenvalue weighted by atomic mass is 15.1. The molecule has 0 radical (unpaired) electrons. The molecule has 0 aliphatic carbocycles. The number of nitrogens with two attached hydrogens (primary N) is 1. The third-order valence-electron chi connectivity index (χ3n) is 1.89. The van der Waals surface area contributed by atoms with Gasteiger partial charge in [0.1, 0.15) is 0 Å². The van der Waals surface area contributed by atoms with E-state index in [0.29, 0.717) is 0 Å². The number of nitrogens with one attached hydrogen (secondary N) is 1. The van der Waals surface area contributed by atoms with Crippen molar-refractivity contribution < 1.29 is 0 Å². The molecular weight excluding hydrogens is 162 g/mol. The standard InChI is InChI=1S/C10H11N3/c1-7-5-10(13-12-7)8-3-2-4-9(11)6-8/h2-6H,11H2,1H3,(H,12,13). The van der Waals surface area contributed by atoms with Crippen molar-refractivity contribution in [3.8, 4) is 11.3 Å². The third-order valence-corrected chi connectivity index (χ3v) is 1.89. The molecule has 66 valence electrons. The summed E-state index contributed by atoms with van der Waals surface area (Å²) in [6.45, 7) is 1.97. The second-order valence-electron chi connectivity index (χ2n) is 3.06. The molecule has 0 atom stereocenters. The van der Waals surface area contributed by atoms with Crippen molar-refractivity contribution >= 4 is 5.69 Å². The van der Waals surface area contributed by atoms with Crippen LogP contribution in [0, 0.1) is 6.92 Å². The van der Waals surface area contributed by atoms with Gasteiger partial charge in [0.2, 0.25) is 0 Å².